The lowest BCUT2D eigenvalue weighted by Crippen LogP contribution is -2.23. The van der Waals surface area contributed by atoms with E-state index in [1.165, 1.54) is 6.20 Å². The number of halogens is 3. The molecule has 0 radical (unpaired) electrons. The molecule has 3 heterocycles. The molecule has 1 saturated heterocycles. The van der Waals surface area contributed by atoms with Gasteiger partial charge in [-0.2, -0.15) is 13.2 Å². The van der Waals surface area contributed by atoms with Crippen molar-refractivity contribution in [1.29, 1.82) is 0 Å². The Morgan fingerprint density at radius 3 is 2.69 bits per heavy atom. The third kappa shape index (κ3) is 4.40. The maximum atomic E-state index is 13.5. The maximum Gasteiger partial charge on any atom is 0.421 e. The second-order valence-electron chi connectivity index (χ2n) is 7.08. The van der Waals surface area contributed by atoms with E-state index in [0.717, 1.165) is 22.8 Å². The first-order chi connectivity index (χ1) is 13.9. The van der Waals surface area contributed by atoms with Gasteiger partial charge in [-0.05, 0) is 24.6 Å². The van der Waals surface area contributed by atoms with Crippen molar-refractivity contribution in [2.24, 2.45) is 0 Å². The van der Waals surface area contributed by atoms with E-state index in [1.807, 2.05) is 25.1 Å². The zero-order chi connectivity index (χ0) is 20.4. The fraction of sp³-hybridized carbons (Fsp3) is 0.350. The van der Waals surface area contributed by atoms with E-state index in [9.17, 15) is 13.2 Å². The molecule has 1 aliphatic heterocycles. The Labute approximate surface area is 165 Å². The third-order valence-electron chi connectivity index (χ3n) is 4.81. The Kier molecular flexibility index (Phi) is 5.23. The average molecular weight is 403 g/mol. The Balaban J connectivity index is 1.59. The Hall–Kier alpha value is -2.94. The van der Waals surface area contributed by atoms with Gasteiger partial charge in [0.2, 0.25) is 0 Å². The molecule has 29 heavy (non-hydrogen) atoms. The highest BCUT2D eigenvalue weighted by Gasteiger charge is 2.37. The Morgan fingerprint density at radius 2 is 1.97 bits per heavy atom. The normalized spacial score (nSPS) is 19.4. The number of fused-ring (bicyclic) bond motifs is 1. The van der Waals surface area contributed by atoms with Crippen molar-refractivity contribution >= 4 is 16.7 Å². The average Bonchev–Trinajstić information content (AvgIpc) is 3.11. The van der Waals surface area contributed by atoms with Gasteiger partial charge >= 0.3 is 6.18 Å². The maximum absolute atomic E-state index is 13.5. The number of anilines is 1. The van der Waals surface area contributed by atoms with Crippen LogP contribution in [0.1, 0.15) is 24.5 Å². The minimum absolute atomic E-state index is 0.200. The summed E-state index contributed by atoms with van der Waals surface area (Å²) in [6, 6.07) is 5.73. The molecular weight excluding hydrogens is 383 g/mol. The van der Waals surface area contributed by atoms with Gasteiger partial charge in [0.25, 0.3) is 0 Å². The molecular formula is C20H20F3N5O. The number of aromatic nitrogens is 3. The van der Waals surface area contributed by atoms with Gasteiger partial charge < -0.3 is 15.4 Å². The van der Waals surface area contributed by atoms with E-state index < -0.39 is 11.7 Å². The predicted molar refractivity (Wildman–Crippen MR) is 103 cm³/mol. The first kappa shape index (κ1) is 19.4. The number of hydrogen-bond donors (Lipinski definition) is 2. The van der Waals surface area contributed by atoms with E-state index in [4.69, 9.17) is 4.74 Å². The van der Waals surface area contributed by atoms with Crippen LogP contribution in [0.4, 0.5) is 18.9 Å². The Morgan fingerprint density at radius 1 is 1.17 bits per heavy atom. The number of ether oxygens (including phenoxy) is 1. The number of rotatable bonds is 5. The molecule has 0 aliphatic carbocycles. The van der Waals surface area contributed by atoms with Crippen molar-refractivity contribution in [3.8, 4) is 5.75 Å². The van der Waals surface area contributed by atoms with Crippen LogP contribution in [0.3, 0.4) is 0 Å². The monoisotopic (exact) mass is 403 g/mol. The molecule has 152 valence electrons. The van der Waals surface area contributed by atoms with Crippen LogP contribution in [0, 0.1) is 0 Å². The van der Waals surface area contributed by atoms with Crippen LogP contribution in [-0.4, -0.2) is 33.6 Å². The van der Waals surface area contributed by atoms with Crippen molar-refractivity contribution < 1.29 is 17.9 Å². The first-order valence-electron chi connectivity index (χ1n) is 9.29. The molecule has 3 aromatic rings. The van der Waals surface area contributed by atoms with Crippen LogP contribution < -0.4 is 15.4 Å². The van der Waals surface area contributed by atoms with Gasteiger partial charge in [0.15, 0.2) is 5.75 Å². The van der Waals surface area contributed by atoms with Gasteiger partial charge in [-0.1, -0.05) is 6.07 Å². The molecule has 0 saturated carbocycles. The number of pyridine rings is 1. The SMILES string of the molecule is C[C@H]1C[C@@H](Oc2c(NCc3ccc4nccnc4c3)cncc2C(F)(F)F)CN1. The molecule has 0 unspecified atom stereocenters. The van der Waals surface area contributed by atoms with E-state index >= 15 is 0 Å². The van der Waals surface area contributed by atoms with E-state index in [-0.39, 0.29) is 23.6 Å². The summed E-state index contributed by atoms with van der Waals surface area (Å²) in [5, 5.41) is 6.22. The molecule has 2 aromatic heterocycles. The lowest BCUT2D eigenvalue weighted by atomic mass is 10.1. The van der Waals surface area contributed by atoms with Crippen molar-refractivity contribution in [2.45, 2.75) is 38.2 Å². The van der Waals surface area contributed by atoms with Crippen molar-refractivity contribution in [2.75, 3.05) is 11.9 Å². The number of nitrogens with zero attached hydrogens (tertiary/aromatic N) is 3. The zero-order valence-corrected chi connectivity index (χ0v) is 15.7. The van der Waals surface area contributed by atoms with Crippen LogP contribution in [0.5, 0.6) is 5.75 Å². The summed E-state index contributed by atoms with van der Waals surface area (Å²) >= 11 is 0. The highest BCUT2D eigenvalue weighted by Crippen LogP contribution is 2.41. The summed E-state index contributed by atoms with van der Waals surface area (Å²) in [5.74, 6) is -0.214. The lowest BCUT2D eigenvalue weighted by molar-refractivity contribution is -0.139. The fourth-order valence-electron chi connectivity index (χ4n) is 3.37. The predicted octanol–water partition coefficient (Wildman–Crippen LogP) is 3.78. The van der Waals surface area contributed by atoms with Gasteiger partial charge in [-0.25, -0.2) is 0 Å². The molecule has 2 atom stereocenters. The lowest BCUT2D eigenvalue weighted by Gasteiger charge is -2.21. The van der Waals surface area contributed by atoms with E-state index in [0.29, 0.717) is 19.5 Å². The summed E-state index contributed by atoms with van der Waals surface area (Å²) in [4.78, 5) is 12.2. The van der Waals surface area contributed by atoms with Crippen molar-refractivity contribution in [3.63, 3.8) is 0 Å². The molecule has 1 aliphatic rings. The van der Waals surface area contributed by atoms with Crippen molar-refractivity contribution in [1.82, 2.24) is 20.3 Å². The summed E-state index contributed by atoms with van der Waals surface area (Å²) in [5.41, 5.74) is 1.66. The van der Waals surface area contributed by atoms with Crippen LogP contribution in [0.25, 0.3) is 11.0 Å². The number of nitrogens with one attached hydrogen (secondary N) is 2. The number of benzene rings is 1. The minimum atomic E-state index is -4.56. The highest BCUT2D eigenvalue weighted by atomic mass is 19.4. The molecule has 1 aromatic carbocycles. The van der Waals surface area contributed by atoms with Gasteiger partial charge in [0, 0.05) is 44.1 Å². The zero-order valence-electron chi connectivity index (χ0n) is 15.7. The first-order valence-corrected chi connectivity index (χ1v) is 9.29. The Bertz CT molecular complexity index is 1010. The van der Waals surface area contributed by atoms with Gasteiger partial charge in [-0.3, -0.25) is 15.0 Å². The van der Waals surface area contributed by atoms with Gasteiger partial charge in [0.05, 0.1) is 22.9 Å². The number of hydrogen-bond acceptors (Lipinski definition) is 6. The number of alkyl halides is 3. The van der Waals surface area contributed by atoms with Crippen LogP contribution in [0.2, 0.25) is 0 Å². The standard InChI is InChI=1S/C20H20F3N5O/c1-12-6-14(9-27-12)29-19-15(20(21,22)23)10-24-11-18(19)28-8-13-2-3-16-17(7-13)26-5-4-25-16/h2-5,7,10-12,14,27-28H,6,8-9H2,1H3/t12-,14+/m0/s1. The largest absolute Gasteiger partial charge is 0.486 e. The fourth-order valence-corrected chi connectivity index (χ4v) is 3.37. The van der Waals surface area contributed by atoms with E-state index in [1.54, 1.807) is 12.4 Å². The second kappa shape index (κ2) is 7.82. The van der Waals surface area contributed by atoms with Crippen LogP contribution in [-0.2, 0) is 12.7 Å². The summed E-state index contributed by atoms with van der Waals surface area (Å²) < 4.78 is 46.4. The second-order valence-corrected chi connectivity index (χ2v) is 7.08. The summed E-state index contributed by atoms with van der Waals surface area (Å²) in [6.07, 6.45) is 1.12. The highest BCUT2D eigenvalue weighted by molar-refractivity contribution is 5.74. The van der Waals surface area contributed by atoms with Gasteiger partial charge in [-0.15, -0.1) is 0 Å². The molecule has 0 amide bonds. The summed E-state index contributed by atoms with van der Waals surface area (Å²) in [6.45, 7) is 2.77. The summed E-state index contributed by atoms with van der Waals surface area (Å²) in [7, 11) is 0. The smallest absolute Gasteiger partial charge is 0.421 e. The van der Waals surface area contributed by atoms with Crippen molar-refractivity contribution in [3.05, 3.63) is 54.1 Å². The quantitative estimate of drug-likeness (QED) is 0.676. The molecule has 4 rings (SSSR count). The van der Waals surface area contributed by atoms with E-state index in [2.05, 4.69) is 25.6 Å². The third-order valence-corrected chi connectivity index (χ3v) is 4.81. The molecule has 1 fully saturated rings. The van der Waals surface area contributed by atoms with Crippen LogP contribution in [0.15, 0.2) is 43.0 Å². The molecule has 9 heteroatoms. The molecule has 2 N–H and O–H groups in total. The minimum Gasteiger partial charge on any atom is -0.486 e. The molecule has 0 spiro atoms. The van der Waals surface area contributed by atoms with Gasteiger partial charge in [0.1, 0.15) is 11.7 Å². The topological polar surface area (TPSA) is 72.0 Å². The molecule has 6 nitrogen and oxygen atoms in total. The molecule has 0 bridgehead atoms. The van der Waals surface area contributed by atoms with Crippen LogP contribution >= 0.6 is 0 Å².